The highest BCUT2D eigenvalue weighted by Crippen LogP contribution is 2.22. The molecular weight excluding hydrogens is 342 g/mol. The Morgan fingerprint density at radius 2 is 1.88 bits per heavy atom. The van der Waals surface area contributed by atoms with E-state index in [0.717, 1.165) is 24.3 Å². The number of nitrogens with one attached hydrogen (secondary N) is 2. The molecule has 0 bridgehead atoms. The summed E-state index contributed by atoms with van der Waals surface area (Å²) in [5.74, 6) is -1.66. The summed E-state index contributed by atoms with van der Waals surface area (Å²) >= 11 is 0. The van der Waals surface area contributed by atoms with Crippen LogP contribution in [0.2, 0.25) is 0 Å². The van der Waals surface area contributed by atoms with E-state index >= 15 is 0 Å². The molecular formula is C17H25N3O4S. The van der Waals surface area contributed by atoms with Crippen molar-refractivity contribution >= 4 is 33.0 Å². The Bertz CT molecular complexity index is 757. The molecule has 0 aromatic heterocycles. The minimum atomic E-state index is -3.10. The maximum Gasteiger partial charge on any atom is 0.313 e. The number of rotatable bonds is 5. The molecule has 2 rings (SSSR count). The summed E-state index contributed by atoms with van der Waals surface area (Å²) in [7, 11) is -3.10. The number of amides is 2. The zero-order valence-corrected chi connectivity index (χ0v) is 15.6. The lowest BCUT2D eigenvalue weighted by atomic mass is 10.1. The molecule has 1 aliphatic heterocycles. The van der Waals surface area contributed by atoms with Crippen LogP contribution in [0.25, 0.3) is 0 Å². The van der Waals surface area contributed by atoms with Crippen LogP contribution in [0, 0.1) is 6.92 Å². The zero-order valence-electron chi connectivity index (χ0n) is 14.8. The molecule has 1 atom stereocenters. The third-order valence-electron chi connectivity index (χ3n) is 4.36. The Balaban J connectivity index is 1.99. The lowest BCUT2D eigenvalue weighted by molar-refractivity contribution is -0.136. The molecule has 7 nitrogen and oxygen atoms in total. The van der Waals surface area contributed by atoms with Crippen LogP contribution < -0.4 is 15.5 Å². The van der Waals surface area contributed by atoms with Gasteiger partial charge in [-0.1, -0.05) is 0 Å². The first-order valence-corrected chi connectivity index (χ1v) is 10.3. The van der Waals surface area contributed by atoms with E-state index in [9.17, 15) is 18.0 Å². The summed E-state index contributed by atoms with van der Waals surface area (Å²) in [5.41, 5.74) is 2.48. The van der Waals surface area contributed by atoms with Gasteiger partial charge in [-0.2, -0.15) is 0 Å². The second kappa shape index (κ2) is 7.86. The van der Waals surface area contributed by atoms with Crippen molar-refractivity contribution in [2.75, 3.05) is 34.8 Å². The zero-order chi connectivity index (χ0) is 18.6. The normalized spacial score (nSPS) is 18.6. The molecule has 138 valence electrons. The first-order chi connectivity index (χ1) is 11.8. The van der Waals surface area contributed by atoms with Gasteiger partial charge >= 0.3 is 11.8 Å². The third kappa shape index (κ3) is 4.94. The molecule has 2 amide bonds. The second-order valence-electron chi connectivity index (χ2n) is 6.20. The summed E-state index contributed by atoms with van der Waals surface area (Å²) in [5, 5.41) is 5.07. The quantitative estimate of drug-likeness (QED) is 0.760. The van der Waals surface area contributed by atoms with Crippen LogP contribution in [0.5, 0.6) is 0 Å². The third-order valence-corrected chi connectivity index (χ3v) is 6.13. The highest BCUT2D eigenvalue weighted by atomic mass is 32.2. The fourth-order valence-corrected chi connectivity index (χ4v) is 4.59. The monoisotopic (exact) mass is 367 g/mol. The average molecular weight is 367 g/mol. The van der Waals surface area contributed by atoms with Gasteiger partial charge in [0.1, 0.15) is 0 Å². The van der Waals surface area contributed by atoms with Crippen molar-refractivity contribution in [1.82, 2.24) is 5.32 Å². The Morgan fingerprint density at radius 3 is 2.40 bits per heavy atom. The number of carbonyl (C=O) groups excluding carboxylic acids is 2. The number of anilines is 2. The lowest BCUT2D eigenvalue weighted by Crippen LogP contribution is -2.42. The average Bonchev–Trinajstić information content (AvgIpc) is 2.89. The summed E-state index contributed by atoms with van der Waals surface area (Å²) < 4.78 is 22.8. The van der Waals surface area contributed by atoms with Gasteiger partial charge < -0.3 is 15.5 Å². The van der Waals surface area contributed by atoms with Crippen molar-refractivity contribution < 1.29 is 18.0 Å². The van der Waals surface area contributed by atoms with Gasteiger partial charge in [0.15, 0.2) is 9.84 Å². The van der Waals surface area contributed by atoms with Crippen LogP contribution in [0.4, 0.5) is 11.4 Å². The van der Waals surface area contributed by atoms with E-state index in [0.29, 0.717) is 12.1 Å². The van der Waals surface area contributed by atoms with Gasteiger partial charge in [-0.25, -0.2) is 8.42 Å². The van der Waals surface area contributed by atoms with E-state index in [1.807, 2.05) is 19.1 Å². The highest BCUT2D eigenvalue weighted by molar-refractivity contribution is 7.91. The van der Waals surface area contributed by atoms with Gasteiger partial charge in [0, 0.05) is 30.5 Å². The van der Waals surface area contributed by atoms with Gasteiger partial charge in [-0.15, -0.1) is 0 Å². The van der Waals surface area contributed by atoms with Gasteiger partial charge in [0.05, 0.1) is 11.5 Å². The van der Waals surface area contributed by atoms with E-state index in [4.69, 9.17) is 0 Å². The van der Waals surface area contributed by atoms with Crippen molar-refractivity contribution in [2.45, 2.75) is 33.2 Å². The number of sulfone groups is 1. The van der Waals surface area contributed by atoms with E-state index in [1.54, 1.807) is 6.07 Å². The van der Waals surface area contributed by atoms with Gasteiger partial charge in [0.2, 0.25) is 0 Å². The number of nitrogens with zero attached hydrogens (tertiary/aromatic N) is 1. The molecule has 1 fully saturated rings. The molecule has 1 aliphatic rings. The smallest absolute Gasteiger partial charge is 0.313 e. The Morgan fingerprint density at radius 1 is 1.20 bits per heavy atom. The molecule has 1 aromatic rings. The van der Waals surface area contributed by atoms with E-state index in [2.05, 4.69) is 29.4 Å². The van der Waals surface area contributed by atoms with Crippen molar-refractivity contribution in [1.29, 1.82) is 0 Å². The minimum absolute atomic E-state index is 0.0471. The number of benzene rings is 1. The van der Waals surface area contributed by atoms with Crippen LogP contribution in [-0.4, -0.2) is 50.9 Å². The number of hydrogen-bond acceptors (Lipinski definition) is 5. The SMILES string of the molecule is CCN(CC)c1ccc(NC(=O)C(=O)NC2CCS(=O)(=O)C2)c(C)c1. The fourth-order valence-electron chi connectivity index (χ4n) is 2.91. The maximum atomic E-state index is 12.1. The lowest BCUT2D eigenvalue weighted by Gasteiger charge is -2.22. The van der Waals surface area contributed by atoms with Crippen LogP contribution in [0.15, 0.2) is 18.2 Å². The van der Waals surface area contributed by atoms with E-state index in [-0.39, 0.29) is 11.5 Å². The van der Waals surface area contributed by atoms with Crippen LogP contribution >= 0.6 is 0 Å². The van der Waals surface area contributed by atoms with Crippen LogP contribution in [0.3, 0.4) is 0 Å². The van der Waals surface area contributed by atoms with Crippen molar-refractivity contribution in [3.63, 3.8) is 0 Å². The molecule has 8 heteroatoms. The second-order valence-corrected chi connectivity index (χ2v) is 8.43. The van der Waals surface area contributed by atoms with Gasteiger partial charge in [0.25, 0.3) is 0 Å². The highest BCUT2D eigenvalue weighted by Gasteiger charge is 2.30. The number of carbonyl (C=O) groups is 2. The molecule has 0 aliphatic carbocycles. The fraction of sp³-hybridized carbons (Fsp3) is 0.529. The van der Waals surface area contributed by atoms with Crippen molar-refractivity contribution in [2.24, 2.45) is 0 Å². The molecule has 0 radical (unpaired) electrons. The number of hydrogen-bond donors (Lipinski definition) is 2. The Hall–Kier alpha value is -2.09. The first kappa shape index (κ1) is 19.2. The van der Waals surface area contributed by atoms with Gasteiger partial charge in [-0.05, 0) is 51.0 Å². The molecule has 1 aromatic carbocycles. The minimum Gasteiger partial charge on any atom is -0.372 e. The summed E-state index contributed by atoms with van der Waals surface area (Å²) in [4.78, 5) is 26.2. The summed E-state index contributed by atoms with van der Waals surface area (Å²) in [6.07, 6.45) is 0.346. The van der Waals surface area contributed by atoms with E-state index < -0.39 is 27.7 Å². The Kier molecular flexibility index (Phi) is 6.05. The number of aryl methyl sites for hydroxylation is 1. The predicted molar refractivity (Wildman–Crippen MR) is 98.6 cm³/mol. The molecule has 0 saturated carbocycles. The molecule has 1 saturated heterocycles. The largest absolute Gasteiger partial charge is 0.372 e. The summed E-state index contributed by atoms with van der Waals surface area (Å²) in [6.45, 7) is 7.77. The summed E-state index contributed by atoms with van der Waals surface area (Å²) in [6, 6.07) is 5.14. The first-order valence-electron chi connectivity index (χ1n) is 8.43. The topological polar surface area (TPSA) is 95.6 Å². The van der Waals surface area contributed by atoms with Gasteiger partial charge in [-0.3, -0.25) is 9.59 Å². The van der Waals surface area contributed by atoms with E-state index in [1.165, 1.54) is 0 Å². The van der Waals surface area contributed by atoms with Crippen molar-refractivity contribution in [3.05, 3.63) is 23.8 Å². The maximum absolute atomic E-state index is 12.1. The van der Waals surface area contributed by atoms with Crippen molar-refractivity contribution in [3.8, 4) is 0 Å². The Labute approximate surface area is 148 Å². The van der Waals surface area contributed by atoms with Crippen LogP contribution in [-0.2, 0) is 19.4 Å². The molecule has 0 spiro atoms. The predicted octanol–water partition coefficient (Wildman–Crippen LogP) is 1.08. The standard InChI is InChI=1S/C17H25N3O4S/c1-4-20(5-2)14-6-7-15(12(3)10-14)19-17(22)16(21)18-13-8-9-25(23,24)11-13/h6-7,10,13H,4-5,8-9,11H2,1-3H3,(H,18,21)(H,19,22). The molecule has 2 N–H and O–H groups in total. The molecule has 1 heterocycles. The van der Waals surface area contributed by atoms with Crippen LogP contribution in [0.1, 0.15) is 25.8 Å². The molecule has 25 heavy (non-hydrogen) atoms. The molecule has 1 unspecified atom stereocenters.